The summed E-state index contributed by atoms with van der Waals surface area (Å²) in [5, 5.41) is 14.1. The summed E-state index contributed by atoms with van der Waals surface area (Å²) in [7, 11) is 3.28. The number of aromatic nitrogens is 5. The summed E-state index contributed by atoms with van der Waals surface area (Å²) >= 11 is 1.59. The van der Waals surface area contributed by atoms with Crippen molar-refractivity contribution in [3.05, 3.63) is 29.9 Å². The molecule has 32 heavy (non-hydrogen) atoms. The van der Waals surface area contributed by atoms with Gasteiger partial charge in [-0.25, -0.2) is 0 Å². The van der Waals surface area contributed by atoms with Crippen molar-refractivity contribution in [3.8, 4) is 22.9 Å². The van der Waals surface area contributed by atoms with E-state index >= 15 is 0 Å². The van der Waals surface area contributed by atoms with Crippen molar-refractivity contribution in [2.45, 2.75) is 75.2 Å². The first kappa shape index (κ1) is 22.6. The Balaban J connectivity index is 1.64. The highest BCUT2D eigenvalue weighted by atomic mass is 32.2. The molecule has 0 aliphatic heterocycles. The van der Waals surface area contributed by atoms with Crippen molar-refractivity contribution >= 4 is 11.8 Å². The third-order valence-corrected chi connectivity index (χ3v) is 6.64. The maximum absolute atomic E-state index is 5.51. The fourth-order valence-corrected chi connectivity index (χ4v) is 4.80. The number of methoxy groups -OCH3 is 2. The number of benzene rings is 1. The molecule has 0 atom stereocenters. The molecule has 0 amide bonds. The third kappa shape index (κ3) is 4.77. The summed E-state index contributed by atoms with van der Waals surface area (Å²) in [4.78, 5) is 4.56. The van der Waals surface area contributed by atoms with Gasteiger partial charge < -0.3 is 14.0 Å². The van der Waals surface area contributed by atoms with Gasteiger partial charge in [0.2, 0.25) is 5.89 Å². The van der Waals surface area contributed by atoms with Gasteiger partial charge in [0.15, 0.2) is 28.3 Å². The lowest BCUT2D eigenvalue weighted by Gasteiger charge is -2.25. The quantitative estimate of drug-likeness (QED) is 0.433. The van der Waals surface area contributed by atoms with Crippen LogP contribution in [0.3, 0.4) is 0 Å². The standard InChI is InChI=1S/C23H31N5O3S/c1-23(2,3)21-24-19(31-27-21)14-32-22-26-25-20(28(22)16-9-7-6-8-10-16)15-11-12-17(29-4)18(13-15)30-5/h11-13,16H,6-10,14H2,1-5H3. The second-order valence-corrected chi connectivity index (χ2v) is 10.0. The number of ether oxygens (including phenoxy) is 2. The zero-order chi connectivity index (χ0) is 22.7. The largest absolute Gasteiger partial charge is 0.493 e. The number of hydrogen-bond acceptors (Lipinski definition) is 8. The number of nitrogens with zero attached hydrogens (tertiary/aromatic N) is 5. The van der Waals surface area contributed by atoms with Gasteiger partial charge in [-0.1, -0.05) is 57.0 Å². The summed E-state index contributed by atoms with van der Waals surface area (Å²) in [6.45, 7) is 6.22. The predicted molar refractivity (Wildman–Crippen MR) is 123 cm³/mol. The van der Waals surface area contributed by atoms with E-state index in [-0.39, 0.29) is 5.41 Å². The summed E-state index contributed by atoms with van der Waals surface area (Å²) in [6.07, 6.45) is 5.97. The van der Waals surface area contributed by atoms with E-state index in [9.17, 15) is 0 Å². The normalized spacial score (nSPS) is 15.2. The molecule has 2 aromatic heterocycles. The molecule has 3 aromatic rings. The first-order valence-electron chi connectivity index (χ1n) is 11.0. The lowest BCUT2D eigenvalue weighted by molar-refractivity contribution is 0.338. The minimum Gasteiger partial charge on any atom is -0.493 e. The van der Waals surface area contributed by atoms with Crippen LogP contribution in [0.15, 0.2) is 27.9 Å². The van der Waals surface area contributed by atoms with E-state index < -0.39 is 0 Å². The van der Waals surface area contributed by atoms with Crippen LogP contribution in [0, 0.1) is 0 Å². The molecule has 1 aliphatic carbocycles. The van der Waals surface area contributed by atoms with Crippen molar-refractivity contribution in [1.82, 2.24) is 24.9 Å². The van der Waals surface area contributed by atoms with Crippen LogP contribution in [0.25, 0.3) is 11.4 Å². The van der Waals surface area contributed by atoms with Crippen molar-refractivity contribution < 1.29 is 14.0 Å². The molecule has 0 saturated heterocycles. The molecule has 1 aromatic carbocycles. The molecule has 0 N–H and O–H groups in total. The van der Waals surface area contributed by atoms with Gasteiger partial charge in [0.05, 0.1) is 20.0 Å². The molecule has 4 rings (SSSR count). The monoisotopic (exact) mass is 457 g/mol. The number of hydrogen-bond donors (Lipinski definition) is 0. The highest BCUT2D eigenvalue weighted by molar-refractivity contribution is 7.98. The Hall–Kier alpha value is -2.55. The molecular formula is C23H31N5O3S. The lowest BCUT2D eigenvalue weighted by Crippen LogP contribution is -2.15. The fraction of sp³-hybridized carbons (Fsp3) is 0.565. The van der Waals surface area contributed by atoms with Crippen LogP contribution < -0.4 is 9.47 Å². The Morgan fingerprint density at radius 3 is 2.47 bits per heavy atom. The maximum atomic E-state index is 5.51. The van der Waals surface area contributed by atoms with E-state index in [2.05, 4.69) is 45.7 Å². The van der Waals surface area contributed by atoms with E-state index in [1.165, 1.54) is 19.3 Å². The number of thioether (sulfide) groups is 1. The van der Waals surface area contributed by atoms with Crippen LogP contribution in [-0.2, 0) is 11.2 Å². The predicted octanol–water partition coefficient (Wildman–Crippen LogP) is 5.44. The fourth-order valence-electron chi connectivity index (χ4n) is 3.96. The van der Waals surface area contributed by atoms with Gasteiger partial charge in [-0.3, -0.25) is 4.57 Å². The molecule has 1 aliphatic rings. The Morgan fingerprint density at radius 1 is 1.06 bits per heavy atom. The van der Waals surface area contributed by atoms with E-state index in [1.807, 2.05) is 18.2 Å². The van der Waals surface area contributed by atoms with E-state index in [1.54, 1.807) is 26.0 Å². The molecule has 0 unspecified atom stereocenters. The van der Waals surface area contributed by atoms with Crippen LogP contribution in [0.2, 0.25) is 0 Å². The summed E-state index contributed by atoms with van der Waals surface area (Å²) in [6, 6.07) is 6.25. The second-order valence-electron chi connectivity index (χ2n) is 9.09. The molecule has 0 spiro atoms. The summed E-state index contributed by atoms with van der Waals surface area (Å²) in [5.74, 6) is 4.10. The van der Waals surface area contributed by atoms with Gasteiger partial charge in [0.1, 0.15) is 0 Å². The molecule has 1 saturated carbocycles. The highest BCUT2D eigenvalue weighted by Gasteiger charge is 2.26. The average molecular weight is 458 g/mol. The van der Waals surface area contributed by atoms with Crippen LogP contribution in [-0.4, -0.2) is 39.1 Å². The molecule has 172 valence electrons. The third-order valence-electron chi connectivity index (χ3n) is 5.71. The van der Waals surface area contributed by atoms with Crippen molar-refractivity contribution in [2.75, 3.05) is 14.2 Å². The minimum atomic E-state index is -0.144. The highest BCUT2D eigenvalue weighted by Crippen LogP contribution is 2.38. The van der Waals surface area contributed by atoms with Gasteiger partial charge in [-0.2, -0.15) is 4.98 Å². The first-order valence-corrected chi connectivity index (χ1v) is 12.0. The van der Waals surface area contributed by atoms with E-state index in [0.29, 0.717) is 35.0 Å². The van der Waals surface area contributed by atoms with Crippen molar-refractivity contribution in [3.63, 3.8) is 0 Å². The molecule has 0 bridgehead atoms. The summed E-state index contributed by atoms with van der Waals surface area (Å²) in [5.41, 5.74) is 0.815. The molecule has 0 radical (unpaired) electrons. The second kappa shape index (κ2) is 9.52. The van der Waals surface area contributed by atoms with Crippen LogP contribution in [0.5, 0.6) is 11.5 Å². The van der Waals surface area contributed by atoms with Crippen molar-refractivity contribution in [2.24, 2.45) is 0 Å². The molecule has 8 nitrogen and oxygen atoms in total. The first-order chi connectivity index (χ1) is 15.4. The van der Waals surface area contributed by atoms with E-state index in [4.69, 9.17) is 14.0 Å². The van der Waals surface area contributed by atoms with Gasteiger partial charge in [-0.15, -0.1) is 10.2 Å². The van der Waals surface area contributed by atoms with Crippen LogP contribution in [0.1, 0.15) is 70.6 Å². The molecular weight excluding hydrogens is 426 g/mol. The maximum Gasteiger partial charge on any atom is 0.237 e. The van der Waals surface area contributed by atoms with Gasteiger partial charge in [0, 0.05) is 17.0 Å². The van der Waals surface area contributed by atoms with Crippen molar-refractivity contribution in [1.29, 1.82) is 0 Å². The van der Waals surface area contributed by atoms with Gasteiger partial charge >= 0.3 is 0 Å². The van der Waals surface area contributed by atoms with Gasteiger partial charge in [0.25, 0.3) is 0 Å². The molecule has 2 heterocycles. The Labute approximate surface area is 193 Å². The van der Waals surface area contributed by atoms with Crippen LogP contribution >= 0.6 is 11.8 Å². The Bertz CT molecular complexity index is 1050. The minimum absolute atomic E-state index is 0.144. The van der Waals surface area contributed by atoms with E-state index in [0.717, 1.165) is 29.4 Å². The summed E-state index contributed by atoms with van der Waals surface area (Å²) < 4.78 is 18.7. The lowest BCUT2D eigenvalue weighted by atomic mass is 9.95. The smallest absolute Gasteiger partial charge is 0.237 e. The SMILES string of the molecule is COc1ccc(-c2nnc(SCc3nc(C(C)(C)C)no3)n2C2CCCCC2)cc1OC. The topological polar surface area (TPSA) is 88.1 Å². The molecule has 1 fully saturated rings. The Kier molecular flexibility index (Phi) is 6.74. The Morgan fingerprint density at radius 2 is 1.81 bits per heavy atom. The zero-order valence-corrected chi connectivity index (χ0v) is 20.2. The van der Waals surface area contributed by atoms with Crippen LogP contribution in [0.4, 0.5) is 0 Å². The zero-order valence-electron chi connectivity index (χ0n) is 19.4. The van der Waals surface area contributed by atoms with Gasteiger partial charge in [-0.05, 0) is 31.0 Å². The molecule has 9 heteroatoms. The average Bonchev–Trinajstić information content (AvgIpc) is 3.45. The number of rotatable bonds is 7.